The maximum absolute atomic E-state index is 12.7. The van der Waals surface area contributed by atoms with Gasteiger partial charge < -0.3 is 14.2 Å². The molecule has 0 N–H and O–H groups in total. The van der Waals surface area contributed by atoms with Gasteiger partial charge in [0.25, 0.3) is 11.1 Å². The van der Waals surface area contributed by atoms with Gasteiger partial charge in [0.05, 0.1) is 24.3 Å². The summed E-state index contributed by atoms with van der Waals surface area (Å²) in [5, 5.41) is 0.119. The van der Waals surface area contributed by atoms with Crippen molar-refractivity contribution in [2.24, 2.45) is 0 Å². The van der Waals surface area contributed by atoms with Crippen LogP contribution in [0, 0.1) is 0 Å². The Morgan fingerprint density at radius 1 is 1.13 bits per heavy atom. The van der Waals surface area contributed by atoms with Crippen molar-refractivity contribution < 1.29 is 28.6 Å². The second-order valence-electron chi connectivity index (χ2n) is 6.00. The number of esters is 1. The Kier molecular flexibility index (Phi) is 7.02. The number of hydrogen-bond acceptors (Lipinski definition) is 7. The van der Waals surface area contributed by atoms with Crippen LogP contribution in [-0.4, -0.2) is 37.4 Å². The van der Waals surface area contributed by atoms with E-state index in [1.807, 2.05) is 0 Å². The third-order valence-electron chi connectivity index (χ3n) is 4.01. The van der Waals surface area contributed by atoms with Crippen LogP contribution in [0.25, 0.3) is 6.08 Å². The number of anilines is 1. The lowest BCUT2D eigenvalue weighted by Crippen LogP contribution is -2.27. The molecule has 1 aliphatic heterocycles. The number of rotatable bonds is 7. The highest BCUT2D eigenvalue weighted by molar-refractivity contribution is 8.19. The highest BCUT2D eigenvalue weighted by Gasteiger charge is 2.36. The minimum absolute atomic E-state index is 0.247. The maximum Gasteiger partial charge on any atom is 0.344 e. The number of carbonyl (C=O) groups excluding carboxylic acids is 3. The van der Waals surface area contributed by atoms with Crippen molar-refractivity contribution in [2.45, 2.75) is 6.92 Å². The molecule has 9 heteroatoms. The summed E-state index contributed by atoms with van der Waals surface area (Å²) in [7, 11) is 1.46. The molecule has 0 aliphatic carbocycles. The molecule has 1 fully saturated rings. The normalized spacial score (nSPS) is 14.9. The molecule has 2 amide bonds. The van der Waals surface area contributed by atoms with Crippen LogP contribution in [0.15, 0.2) is 47.4 Å². The van der Waals surface area contributed by atoms with E-state index in [9.17, 15) is 14.4 Å². The van der Waals surface area contributed by atoms with E-state index in [0.717, 1.165) is 16.7 Å². The van der Waals surface area contributed by atoms with Crippen LogP contribution in [0.3, 0.4) is 0 Å². The fourth-order valence-electron chi connectivity index (χ4n) is 2.66. The summed E-state index contributed by atoms with van der Waals surface area (Å²) in [6.07, 6.45) is 1.60. The molecular formula is C21H18ClNO6S. The highest BCUT2D eigenvalue weighted by atomic mass is 35.5. The number of imide groups is 1. The Balaban J connectivity index is 1.79. The van der Waals surface area contributed by atoms with Gasteiger partial charge in [0, 0.05) is 5.02 Å². The lowest BCUT2D eigenvalue weighted by molar-refractivity contribution is -0.145. The number of carbonyl (C=O) groups is 3. The van der Waals surface area contributed by atoms with Crippen LogP contribution in [-0.2, 0) is 14.3 Å². The van der Waals surface area contributed by atoms with Crippen molar-refractivity contribution in [3.8, 4) is 11.5 Å². The summed E-state index contributed by atoms with van der Waals surface area (Å²) in [5.74, 6) is -0.171. The zero-order valence-corrected chi connectivity index (χ0v) is 17.8. The van der Waals surface area contributed by atoms with Crippen LogP contribution in [0.4, 0.5) is 10.5 Å². The SMILES string of the molecule is CCOC(=O)COc1ccc(C=C2SC(=O)N(c3ccc(Cl)cc3)C2=O)cc1OC. The van der Waals surface area contributed by atoms with Crippen molar-refractivity contribution in [2.75, 3.05) is 25.2 Å². The molecule has 0 bridgehead atoms. The van der Waals surface area contributed by atoms with Crippen molar-refractivity contribution in [3.05, 3.63) is 58.0 Å². The topological polar surface area (TPSA) is 82.1 Å². The van der Waals surface area contributed by atoms with Gasteiger partial charge in [0.1, 0.15) is 0 Å². The van der Waals surface area contributed by atoms with Crippen LogP contribution in [0.1, 0.15) is 12.5 Å². The van der Waals surface area contributed by atoms with Crippen LogP contribution >= 0.6 is 23.4 Å². The zero-order valence-electron chi connectivity index (χ0n) is 16.2. The Morgan fingerprint density at radius 2 is 1.87 bits per heavy atom. The van der Waals surface area contributed by atoms with Crippen molar-refractivity contribution >= 4 is 52.2 Å². The minimum atomic E-state index is -0.487. The lowest BCUT2D eigenvalue weighted by Gasteiger charge is -2.12. The summed E-state index contributed by atoms with van der Waals surface area (Å²) < 4.78 is 15.6. The van der Waals surface area contributed by atoms with E-state index in [2.05, 4.69) is 0 Å². The predicted octanol–water partition coefficient (Wildman–Crippen LogP) is 4.53. The van der Waals surface area contributed by atoms with Gasteiger partial charge in [-0.3, -0.25) is 9.59 Å². The first-order valence-electron chi connectivity index (χ1n) is 8.93. The molecular weight excluding hydrogens is 430 g/mol. The maximum atomic E-state index is 12.7. The van der Waals surface area contributed by atoms with Crippen molar-refractivity contribution in [1.82, 2.24) is 0 Å². The van der Waals surface area contributed by atoms with Gasteiger partial charge in [0.2, 0.25) is 0 Å². The molecule has 1 saturated heterocycles. The number of ether oxygens (including phenoxy) is 3. The van der Waals surface area contributed by atoms with Gasteiger partial charge in [-0.15, -0.1) is 0 Å². The van der Waals surface area contributed by atoms with E-state index in [4.69, 9.17) is 25.8 Å². The van der Waals surface area contributed by atoms with Crippen LogP contribution < -0.4 is 14.4 Å². The molecule has 3 rings (SSSR count). The number of thioether (sulfide) groups is 1. The van der Waals surface area contributed by atoms with Gasteiger partial charge in [-0.2, -0.15) is 0 Å². The molecule has 0 saturated carbocycles. The van der Waals surface area contributed by atoms with E-state index in [0.29, 0.717) is 27.8 Å². The number of amides is 2. The number of benzene rings is 2. The minimum Gasteiger partial charge on any atom is -0.493 e. The van der Waals surface area contributed by atoms with E-state index < -0.39 is 17.1 Å². The first-order chi connectivity index (χ1) is 14.4. The Morgan fingerprint density at radius 3 is 2.53 bits per heavy atom. The lowest BCUT2D eigenvalue weighted by atomic mass is 10.2. The van der Waals surface area contributed by atoms with Gasteiger partial charge in [-0.1, -0.05) is 17.7 Å². The molecule has 7 nitrogen and oxygen atoms in total. The second kappa shape index (κ2) is 9.69. The molecule has 156 valence electrons. The molecule has 2 aromatic rings. The van der Waals surface area contributed by atoms with Crippen LogP contribution in [0.5, 0.6) is 11.5 Å². The standard InChI is InChI=1S/C21H18ClNO6S/c1-3-28-19(24)12-29-16-9-4-13(10-17(16)27-2)11-18-20(25)23(21(26)30-18)15-7-5-14(22)6-8-15/h4-11H,3,12H2,1-2H3. The molecule has 0 atom stereocenters. The third-order valence-corrected chi connectivity index (χ3v) is 5.14. The Hall–Kier alpha value is -2.97. The number of methoxy groups -OCH3 is 1. The summed E-state index contributed by atoms with van der Waals surface area (Å²) >= 11 is 6.72. The van der Waals surface area contributed by atoms with Gasteiger partial charge in [-0.05, 0) is 66.7 Å². The Bertz CT molecular complexity index is 1010. The van der Waals surface area contributed by atoms with E-state index in [1.54, 1.807) is 55.5 Å². The first-order valence-corrected chi connectivity index (χ1v) is 10.1. The molecule has 1 heterocycles. The van der Waals surface area contributed by atoms with Gasteiger partial charge in [0.15, 0.2) is 18.1 Å². The zero-order chi connectivity index (χ0) is 21.7. The monoisotopic (exact) mass is 447 g/mol. The summed E-state index contributed by atoms with van der Waals surface area (Å²) in [4.78, 5) is 37.9. The molecule has 30 heavy (non-hydrogen) atoms. The molecule has 2 aromatic carbocycles. The number of halogens is 1. The number of hydrogen-bond donors (Lipinski definition) is 0. The largest absolute Gasteiger partial charge is 0.493 e. The highest BCUT2D eigenvalue weighted by Crippen LogP contribution is 2.37. The average Bonchev–Trinajstić information content (AvgIpc) is 3.01. The molecule has 0 spiro atoms. The summed E-state index contributed by atoms with van der Waals surface area (Å²) in [5.41, 5.74) is 1.09. The fourth-order valence-corrected chi connectivity index (χ4v) is 3.63. The first kappa shape index (κ1) is 21.7. The Labute approximate surface area is 182 Å². The molecule has 0 unspecified atom stereocenters. The quantitative estimate of drug-likeness (QED) is 0.455. The van der Waals surface area contributed by atoms with E-state index in [-0.39, 0.29) is 18.1 Å². The van der Waals surface area contributed by atoms with Gasteiger partial charge in [-0.25, -0.2) is 9.69 Å². The summed E-state index contributed by atoms with van der Waals surface area (Å²) in [6, 6.07) is 11.4. The molecule has 0 aromatic heterocycles. The van der Waals surface area contributed by atoms with Gasteiger partial charge >= 0.3 is 5.97 Å². The number of nitrogens with zero attached hydrogens (tertiary/aromatic N) is 1. The average molecular weight is 448 g/mol. The van der Waals surface area contributed by atoms with Crippen molar-refractivity contribution in [3.63, 3.8) is 0 Å². The third kappa shape index (κ3) is 4.95. The van der Waals surface area contributed by atoms with E-state index in [1.165, 1.54) is 7.11 Å². The fraction of sp³-hybridized carbons (Fsp3) is 0.190. The smallest absolute Gasteiger partial charge is 0.344 e. The molecule has 1 aliphatic rings. The van der Waals surface area contributed by atoms with Crippen LogP contribution in [0.2, 0.25) is 5.02 Å². The molecule has 0 radical (unpaired) electrons. The van der Waals surface area contributed by atoms with E-state index >= 15 is 0 Å². The van der Waals surface area contributed by atoms with Crippen molar-refractivity contribution in [1.29, 1.82) is 0 Å². The predicted molar refractivity (Wildman–Crippen MR) is 115 cm³/mol. The summed E-state index contributed by atoms with van der Waals surface area (Å²) in [6.45, 7) is 1.73. The second-order valence-corrected chi connectivity index (χ2v) is 7.43.